The molecule has 1 amide bonds. The number of hydrogen-bond donors (Lipinski definition) is 1. The highest BCUT2D eigenvalue weighted by Crippen LogP contribution is 2.08. The van der Waals surface area contributed by atoms with Gasteiger partial charge in [0.25, 0.3) is 0 Å². The summed E-state index contributed by atoms with van der Waals surface area (Å²) in [5.74, 6) is 1.53. The van der Waals surface area contributed by atoms with E-state index in [1.54, 1.807) is 11.8 Å². The predicted molar refractivity (Wildman–Crippen MR) is 99.9 cm³/mol. The molecular weight excluding hydrogens is 310 g/mol. The molecule has 0 atom stereocenters. The van der Waals surface area contributed by atoms with E-state index in [2.05, 4.69) is 13.8 Å². The van der Waals surface area contributed by atoms with E-state index in [9.17, 15) is 4.79 Å². The minimum absolute atomic E-state index is 0.179. The number of rotatable bonds is 16. The van der Waals surface area contributed by atoms with Crippen molar-refractivity contribution >= 4 is 17.9 Å². The van der Waals surface area contributed by atoms with E-state index in [1.807, 2.05) is 11.3 Å². The van der Waals surface area contributed by atoms with Gasteiger partial charge in [-0.2, -0.15) is 11.8 Å². The Kier molecular flexibility index (Phi) is 17.6. The molecule has 137 valence electrons. The van der Waals surface area contributed by atoms with E-state index in [0.29, 0.717) is 6.61 Å². The summed E-state index contributed by atoms with van der Waals surface area (Å²) in [6, 6.07) is 0. The fraction of sp³-hybridized carbons (Fsp3) is 0.889. The number of carbonyl (C=O) groups excluding carboxylic acids is 1. The molecule has 0 aromatic heterocycles. The number of hydrogen-bond acceptors (Lipinski definition) is 4. The maximum atomic E-state index is 12.2. The number of nitrogens with zero attached hydrogens (tertiary/aromatic N) is 1. The fourth-order valence-corrected chi connectivity index (χ4v) is 2.81. The summed E-state index contributed by atoms with van der Waals surface area (Å²) >= 11 is 1.64. The molecule has 0 unspecified atom stereocenters. The molecule has 1 radical (unpaired) electrons. The van der Waals surface area contributed by atoms with Gasteiger partial charge < -0.3 is 14.7 Å². The summed E-state index contributed by atoms with van der Waals surface area (Å²) in [4.78, 5) is 14.1. The monoisotopic (exact) mass is 346 g/mol. The maximum Gasteiger partial charge on any atom is 0.409 e. The summed E-state index contributed by atoms with van der Waals surface area (Å²) < 4.78 is 5.35. The third kappa shape index (κ3) is 14.9. The zero-order chi connectivity index (χ0) is 17.2. The molecular formula is C18H36NO3S. The van der Waals surface area contributed by atoms with Gasteiger partial charge in [0, 0.05) is 25.3 Å². The Morgan fingerprint density at radius 1 is 1.04 bits per heavy atom. The normalized spacial score (nSPS) is 10.7. The molecule has 0 spiro atoms. The van der Waals surface area contributed by atoms with Gasteiger partial charge in [0.2, 0.25) is 0 Å². The van der Waals surface area contributed by atoms with Crippen molar-refractivity contribution in [3.63, 3.8) is 0 Å². The van der Waals surface area contributed by atoms with Crippen LogP contribution in [0.15, 0.2) is 0 Å². The standard InChI is InChI=1S/C18H36NO3S/c1-3-5-7-9-12-19(13-10-8-6-4-2)18(21)22-15-11-16-23-17-14-20/h11,20H,3-10,12-17H2,1-2H3. The minimum Gasteiger partial charge on any atom is -0.449 e. The molecule has 1 N–H and O–H groups in total. The van der Waals surface area contributed by atoms with Crippen LogP contribution in [-0.2, 0) is 4.74 Å². The quantitative estimate of drug-likeness (QED) is 0.418. The van der Waals surface area contributed by atoms with E-state index in [-0.39, 0.29) is 12.7 Å². The predicted octanol–water partition coefficient (Wildman–Crippen LogP) is 4.52. The van der Waals surface area contributed by atoms with Crippen molar-refractivity contribution in [3.8, 4) is 0 Å². The van der Waals surface area contributed by atoms with Crippen LogP contribution in [0.25, 0.3) is 0 Å². The van der Waals surface area contributed by atoms with Crippen molar-refractivity contribution in [2.24, 2.45) is 0 Å². The first-order valence-corrected chi connectivity index (χ1v) is 10.3. The minimum atomic E-state index is -0.179. The van der Waals surface area contributed by atoms with Gasteiger partial charge in [-0.15, -0.1) is 0 Å². The molecule has 5 heteroatoms. The highest BCUT2D eigenvalue weighted by atomic mass is 32.2. The number of ether oxygens (including phenoxy) is 1. The smallest absolute Gasteiger partial charge is 0.409 e. The Balaban J connectivity index is 3.95. The lowest BCUT2D eigenvalue weighted by atomic mass is 10.2. The van der Waals surface area contributed by atoms with Crippen LogP contribution in [0.5, 0.6) is 0 Å². The van der Waals surface area contributed by atoms with Gasteiger partial charge in [0.05, 0.1) is 13.2 Å². The molecule has 4 nitrogen and oxygen atoms in total. The third-order valence-electron chi connectivity index (χ3n) is 3.62. The first-order chi connectivity index (χ1) is 11.3. The van der Waals surface area contributed by atoms with Gasteiger partial charge in [0.15, 0.2) is 0 Å². The number of amides is 1. The van der Waals surface area contributed by atoms with Crippen LogP contribution >= 0.6 is 11.8 Å². The van der Waals surface area contributed by atoms with Gasteiger partial charge in [0.1, 0.15) is 0 Å². The van der Waals surface area contributed by atoms with Gasteiger partial charge in [-0.25, -0.2) is 4.79 Å². The summed E-state index contributed by atoms with van der Waals surface area (Å²) in [5, 5.41) is 8.70. The number of unbranched alkanes of at least 4 members (excludes halogenated alkanes) is 6. The van der Waals surface area contributed by atoms with Crippen LogP contribution in [0.1, 0.15) is 65.2 Å². The average Bonchev–Trinajstić information content (AvgIpc) is 2.56. The summed E-state index contributed by atoms with van der Waals surface area (Å²) in [7, 11) is 0. The van der Waals surface area contributed by atoms with Gasteiger partial charge in [-0.05, 0) is 18.6 Å². The maximum absolute atomic E-state index is 12.2. The van der Waals surface area contributed by atoms with E-state index in [4.69, 9.17) is 9.84 Å². The zero-order valence-corrected chi connectivity index (χ0v) is 15.9. The highest BCUT2D eigenvalue weighted by molar-refractivity contribution is 7.99. The molecule has 0 aliphatic carbocycles. The van der Waals surface area contributed by atoms with Crippen molar-refractivity contribution in [3.05, 3.63) is 6.42 Å². The summed E-state index contributed by atoms with van der Waals surface area (Å²) in [5.41, 5.74) is 0. The van der Waals surface area contributed by atoms with Crippen LogP contribution in [0, 0.1) is 6.42 Å². The van der Waals surface area contributed by atoms with Crippen LogP contribution in [0.4, 0.5) is 4.79 Å². The van der Waals surface area contributed by atoms with Crippen molar-refractivity contribution in [1.82, 2.24) is 4.90 Å². The van der Waals surface area contributed by atoms with Crippen molar-refractivity contribution in [1.29, 1.82) is 0 Å². The van der Waals surface area contributed by atoms with Crippen LogP contribution < -0.4 is 0 Å². The van der Waals surface area contributed by atoms with Gasteiger partial charge in [-0.1, -0.05) is 52.4 Å². The Bertz CT molecular complexity index is 253. The number of carbonyl (C=O) groups is 1. The largest absolute Gasteiger partial charge is 0.449 e. The Labute approximate surface area is 147 Å². The number of aliphatic hydroxyl groups excluding tert-OH is 1. The molecule has 0 heterocycles. The fourth-order valence-electron chi connectivity index (χ4n) is 2.25. The number of thioether (sulfide) groups is 1. The molecule has 0 fully saturated rings. The average molecular weight is 347 g/mol. The first kappa shape index (κ1) is 22.6. The SMILES string of the molecule is CCCCCCN(CCCCCC)C(=O)OC[CH]CSCCO. The van der Waals surface area contributed by atoms with Crippen LogP contribution in [0.3, 0.4) is 0 Å². The molecule has 0 rings (SSSR count). The van der Waals surface area contributed by atoms with E-state index < -0.39 is 0 Å². The summed E-state index contributed by atoms with van der Waals surface area (Å²) in [6.07, 6.45) is 11.1. The zero-order valence-electron chi connectivity index (χ0n) is 15.1. The Hall–Kier alpha value is -0.420. The summed E-state index contributed by atoms with van der Waals surface area (Å²) in [6.45, 7) is 6.57. The molecule has 0 aromatic carbocycles. The van der Waals surface area contributed by atoms with Crippen molar-refractivity contribution in [2.75, 3.05) is 37.8 Å². The topological polar surface area (TPSA) is 49.8 Å². The van der Waals surface area contributed by atoms with Crippen molar-refractivity contribution in [2.45, 2.75) is 65.2 Å². The van der Waals surface area contributed by atoms with Gasteiger partial charge >= 0.3 is 6.09 Å². The molecule has 0 aliphatic rings. The lowest BCUT2D eigenvalue weighted by Gasteiger charge is -2.22. The molecule has 0 aliphatic heterocycles. The molecule has 0 saturated carbocycles. The Morgan fingerprint density at radius 2 is 1.65 bits per heavy atom. The van der Waals surface area contributed by atoms with Crippen LogP contribution in [0.2, 0.25) is 0 Å². The van der Waals surface area contributed by atoms with Crippen LogP contribution in [-0.4, -0.2) is 53.9 Å². The van der Waals surface area contributed by atoms with Gasteiger partial charge in [-0.3, -0.25) is 0 Å². The van der Waals surface area contributed by atoms with E-state index in [0.717, 1.165) is 37.4 Å². The van der Waals surface area contributed by atoms with E-state index in [1.165, 1.54) is 38.5 Å². The molecule has 0 saturated heterocycles. The molecule has 23 heavy (non-hydrogen) atoms. The second-order valence-corrected chi connectivity index (χ2v) is 6.92. The highest BCUT2D eigenvalue weighted by Gasteiger charge is 2.14. The second kappa shape index (κ2) is 17.9. The lowest BCUT2D eigenvalue weighted by molar-refractivity contribution is 0.108. The first-order valence-electron chi connectivity index (χ1n) is 9.18. The van der Waals surface area contributed by atoms with Crippen molar-refractivity contribution < 1.29 is 14.6 Å². The third-order valence-corrected chi connectivity index (χ3v) is 4.56. The number of aliphatic hydroxyl groups is 1. The lowest BCUT2D eigenvalue weighted by Crippen LogP contribution is -2.33. The van der Waals surface area contributed by atoms with E-state index >= 15 is 0 Å². The molecule has 0 bridgehead atoms. The second-order valence-electron chi connectivity index (χ2n) is 5.77. The molecule has 0 aromatic rings. The Morgan fingerprint density at radius 3 is 2.17 bits per heavy atom.